The van der Waals surface area contributed by atoms with Gasteiger partial charge in [0.2, 0.25) is 11.8 Å². The summed E-state index contributed by atoms with van der Waals surface area (Å²) in [6.45, 7) is 3.10. The van der Waals surface area contributed by atoms with Gasteiger partial charge >= 0.3 is 0 Å². The van der Waals surface area contributed by atoms with Crippen molar-refractivity contribution in [2.45, 2.75) is 12.8 Å². The molecule has 0 saturated carbocycles. The lowest BCUT2D eigenvalue weighted by Crippen LogP contribution is -2.36. The molecule has 4 rings (SSSR count). The summed E-state index contributed by atoms with van der Waals surface area (Å²) in [6, 6.07) is 18.0. The Hall–Kier alpha value is -2.34. The van der Waals surface area contributed by atoms with Crippen LogP contribution in [0.4, 0.5) is 11.4 Å². The molecule has 2 saturated heterocycles. The van der Waals surface area contributed by atoms with Crippen LogP contribution in [0.3, 0.4) is 0 Å². The molecule has 28 heavy (non-hydrogen) atoms. The first-order chi connectivity index (χ1) is 13.6. The highest BCUT2D eigenvalue weighted by Crippen LogP contribution is 2.27. The monoisotopic (exact) mass is 441 g/mol. The number of hydrogen-bond donors (Lipinski definition) is 1. The second-order valence-corrected chi connectivity index (χ2v) is 8.48. The maximum absolute atomic E-state index is 12.6. The summed E-state index contributed by atoms with van der Waals surface area (Å²) in [6.07, 6.45) is 1.35. The molecule has 2 aliphatic rings. The average Bonchev–Trinajstić information content (AvgIpc) is 3.34. The van der Waals surface area contributed by atoms with Crippen LogP contribution in [0.1, 0.15) is 12.8 Å². The highest BCUT2D eigenvalue weighted by molar-refractivity contribution is 9.10. The first-order valence-corrected chi connectivity index (χ1v) is 10.5. The fourth-order valence-corrected chi connectivity index (χ4v) is 4.28. The predicted molar refractivity (Wildman–Crippen MR) is 114 cm³/mol. The van der Waals surface area contributed by atoms with Gasteiger partial charge in [0.25, 0.3) is 0 Å². The smallest absolute Gasteiger partial charge is 0.227 e. The fraction of sp³-hybridized carbons (Fsp3) is 0.364. The zero-order valence-corrected chi connectivity index (χ0v) is 17.3. The van der Waals surface area contributed by atoms with Gasteiger partial charge in [0.1, 0.15) is 0 Å². The van der Waals surface area contributed by atoms with E-state index in [1.54, 1.807) is 4.90 Å². The number of anilines is 2. The lowest BCUT2D eigenvalue weighted by molar-refractivity contribution is -0.126. The molecule has 0 radical (unpaired) electrons. The van der Waals surface area contributed by atoms with E-state index in [0.29, 0.717) is 19.0 Å². The van der Waals surface area contributed by atoms with Gasteiger partial charge in [-0.25, -0.2) is 0 Å². The number of carbonyl (C=O) groups excluding carboxylic acids is 2. The van der Waals surface area contributed by atoms with Gasteiger partial charge < -0.3 is 15.1 Å². The van der Waals surface area contributed by atoms with E-state index in [4.69, 9.17) is 0 Å². The third-order valence-electron chi connectivity index (χ3n) is 5.61. The zero-order chi connectivity index (χ0) is 19.5. The largest absolute Gasteiger partial charge is 0.371 e. The molecule has 0 aliphatic carbocycles. The standard InChI is InChI=1S/C22H24BrN3O2/c23-18-6-8-20(9-7-18)26-15-17(12-21(26)27)22(28)24-13-16-10-11-25(14-16)19-4-2-1-3-5-19/h1-9,16-17H,10-15H2,(H,24,28). The van der Waals surface area contributed by atoms with E-state index in [-0.39, 0.29) is 24.2 Å². The summed E-state index contributed by atoms with van der Waals surface area (Å²) in [5.74, 6) is 0.177. The summed E-state index contributed by atoms with van der Waals surface area (Å²) in [4.78, 5) is 29.1. The number of halogens is 1. The molecule has 2 aliphatic heterocycles. The van der Waals surface area contributed by atoms with E-state index >= 15 is 0 Å². The Kier molecular flexibility index (Phi) is 5.67. The van der Waals surface area contributed by atoms with Crippen molar-refractivity contribution in [1.82, 2.24) is 5.32 Å². The second-order valence-electron chi connectivity index (χ2n) is 7.56. The van der Waals surface area contributed by atoms with Crippen molar-refractivity contribution in [2.75, 3.05) is 36.0 Å². The third-order valence-corrected chi connectivity index (χ3v) is 6.13. The molecule has 0 spiro atoms. The van der Waals surface area contributed by atoms with Gasteiger partial charge in [-0.15, -0.1) is 0 Å². The van der Waals surface area contributed by atoms with Crippen LogP contribution < -0.4 is 15.1 Å². The van der Waals surface area contributed by atoms with E-state index in [1.807, 2.05) is 30.3 Å². The quantitative estimate of drug-likeness (QED) is 0.772. The summed E-state index contributed by atoms with van der Waals surface area (Å²) in [5.41, 5.74) is 2.08. The second kappa shape index (κ2) is 8.35. The zero-order valence-electron chi connectivity index (χ0n) is 15.7. The Morgan fingerprint density at radius 2 is 1.79 bits per heavy atom. The Bertz CT molecular complexity index is 841. The third kappa shape index (κ3) is 4.22. The summed E-state index contributed by atoms with van der Waals surface area (Å²) in [5, 5.41) is 3.09. The van der Waals surface area contributed by atoms with Crippen LogP contribution in [0.15, 0.2) is 59.1 Å². The number of carbonyl (C=O) groups is 2. The Balaban J connectivity index is 1.28. The number of nitrogens with one attached hydrogen (secondary N) is 1. The van der Waals surface area contributed by atoms with Crippen molar-refractivity contribution in [2.24, 2.45) is 11.8 Å². The Morgan fingerprint density at radius 3 is 2.54 bits per heavy atom. The number of amides is 2. The summed E-state index contributed by atoms with van der Waals surface area (Å²) >= 11 is 3.41. The van der Waals surface area contributed by atoms with Crippen molar-refractivity contribution >= 4 is 39.1 Å². The molecule has 2 unspecified atom stereocenters. The maximum atomic E-state index is 12.6. The molecule has 2 aromatic carbocycles. The van der Waals surface area contributed by atoms with Crippen LogP contribution >= 0.6 is 15.9 Å². The normalized spacial score (nSPS) is 22.0. The van der Waals surface area contributed by atoms with Gasteiger partial charge in [0.05, 0.1) is 5.92 Å². The minimum Gasteiger partial charge on any atom is -0.371 e. The molecule has 2 atom stereocenters. The topological polar surface area (TPSA) is 52.7 Å². The highest BCUT2D eigenvalue weighted by atomic mass is 79.9. The number of para-hydroxylation sites is 1. The molecule has 2 fully saturated rings. The van der Waals surface area contributed by atoms with Gasteiger partial charge in [-0.1, -0.05) is 34.1 Å². The molecule has 6 heteroatoms. The number of hydrogen-bond acceptors (Lipinski definition) is 3. The van der Waals surface area contributed by atoms with Gasteiger partial charge in [-0.2, -0.15) is 0 Å². The van der Waals surface area contributed by atoms with Crippen LogP contribution in [0.2, 0.25) is 0 Å². The Morgan fingerprint density at radius 1 is 1.04 bits per heavy atom. The van der Waals surface area contributed by atoms with Crippen LogP contribution in [0.25, 0.3) is 0 Å². The van der Waals surface area contributed by atoms with E-state index in [0.717, 1.165) is 29.7 Å². The molecule has 1 N–H and O–H groups in total. The van der Waals surface area contributed by atoms with E-state index in [2.05, 4.69) is 50.4 Å². The van der Waals surface area contributed by atoms with E-state index < -0.39 is 0 Å². The van der Waals surface area contributed by atoms with Gasteiger partial charge in [-0.3, -0.25) is 9.59 Å². The predicted octanol–water partition coefficient (Wildman–Crippen LogP) is 3.44. The molecule has 0 aromatic heterocycles. The molecule has 2 amide bonds. The summed E-state index contributed by atoms with van der Waals surface area (Å²) in [7, 11) is 0. The van der Waals surface area contributed by atoms with Crippen LogP contribution in [0, 0.1) is 11.8 Å². The molecule has 2 heterocycles. The first-order valence-electron chi connectivity index (χ1n) is 9.74. The Labute approximate surface area is 173 Å². The maximum Gasteiger partial charge on any atom is 0.227 e. The first kappa shape index (κ1) is 19.0. The van der Waals surface area contributed by atoms with E-state index in [9.17, 15) is 9.59 Å². The van der Waals surface area contributed by atoms with Crippen LogP contribution in [-0.2, 0) is 9.59 Å². The molecule has 5 nitrogen and oxygen atoms in total. The fourth-order valence-electron chi connectivity index (χ4n) is 4.02. The van der Waals surface area contributed by atoms with Crippen molar-refractivity contribution in [3.8, 4) is 0 Å². The molecular weight excluding hydrogens is 418 g/mol. The highest BCUT2D eigenvalue weighted by Gasteiger charge is 2.35. The van der Waals surface area contributed by atoms with Crippen LogP contribution in [-0.4, -0.2) is 38.0 Å². The van der Waals surface area contributed by atoms with E-state index in [1.165, 1.54) is 5.69 Å². The van der Waals surface area contributed by atoms with Gasteiger partial charge in [-0.05, 0) is 48.7 Å². The number of benzene rings is 2. The lowest BCUT2D eigenvalue weighted by atomic mass is 10.1. The molecule has 2 aromatic rings. The molecule has 0 bridgehead atoms. The van der Waals surface area contributed by atoms with Crippen molar-refractivity contribution in [3.05, 3.63) is 59.1 Å². The lowest BCUT2D eigenvalue weighted by Gasteiger charge is -2.19. The molecular formula is C22H24BrN3O2. The number of rotatable bonds is 5. The minimum absolute atomic E-state index is 0.00822. The van der Waals surface area contributed by atoms with Gasteiger partial charge in [0.15, 0.2) is 0 Å². The van der Waals surface area contributed by atoms with Gasteiger partial charge in [0, 0.05) is 48.4 Å². The SMILES string of the molecule is O=C(NCC1CCN(c2ccccc2)C1)C1CC(=O)N(c2ccc(Br)cc2)C1. The summed E-state index contributed by atoms with van der Waals surface area (Å²) < 4.78 is 0.971. The minimum atomic E-state index is -0.275. The number of nitrogens with zero attached hydrogens (tertiary/aromatic N) is 2. The van der Waals surface area contributed by atoms with Crippen molar-refractivity contribution in [1.29, 1.82) is 0 Å². The average molecular weight is 442 g/mol. The van der Waals surface area contributed by atoms with Crippen LogP contribution in [0.5, 0.6) is 0 Å². The molecule has 146 valence electrons. The van der Waals surface area contributed by atoms with Crippen molar-refractivity contribution < 1.29 is 9.59 Å². The van der Waals surface area contributed by atoms with Crippen molar-refractivity contribution in [3.63, 3.8) is 0 Å².